The van der Waals surface area contributed by atoms with E-state index < -0.39 is 0 Å². The first-order chi connectivity index (χ1) is 9.47. The molecule has 0 saturated heterocycles. The Balaban J connectivity index is 2.21. The van der Waals surface area contributed by atoms with Gasteiger partial charge in [-0.05, 0) is 34.0 Å². The highest BCUT2D eigenvalue weighted by Gasteiger charge is 2.09. The largest absolute Gasteiger partial charge is 0.357 e. The first kappa shape index (κ1) is 14.5. The molecule has 0 amide bonds. The second-order valence-electron chi connectivity index (χ2n) is 5.30. The molecule has 0 bridgehead atoms. The number of rotatable bonds is 5. The standard InChI is InChI=1S/C14H22N6/c1-11-8-12(2)20(17-11)14-10-15-9-13(16-14)19(5)7-6-18(3)4/h8-10H,6-7H2,1-5H3. The Morgan fingerprint density at radius 2 is 1.85 bits per heavy atom. The van der Waals surface area contributed by atoms with Crippen molar-refractivity contribution >= 4 is 5.82 Å². The minimum atomic E-state index is 0.754. The summed E-state index contributed by atoms with van der Waals surface area (Å²) >= 11 is 0. The molecule has 0 atom stereocenters. The molecule has 0 N–H and O–H groups in total. The molecule has 2 heterocycles. The highest BCUT2D eigenvalue weighted by molar-refractivity contribution is 5.38. The molecule has 0 aliphatic heterocycles. The van der Waals surface area contributed by atoms with Gasteiger partial charge in [-0.15, -0.1) is 0 Å². The summed E-state index contributed by atoms with van der Waals surface area (Å²) in [4.78, 5) is 13.2. The van der Waals surface area contributed by atoms with E-state index in [0.717, 1.165) is 36.1 Å². The summed E-state index contributed by atoms with van der Waals surface area (Å²) < 4.78 is 1.83. The lowest BCUT2D eigenvalue weighted by Gasteiger charge is -2.20. The zero-order valence-electron chi connectivity index (χ0n) is 12.8. The van der Waals surface area contributed by atoms with Gasteiger partial charge in [-0.2, -0.15) is 5.10 Å². The van der Waals surface area contributed by atoms with Crippen LogP contribution in [0.4, 0.5) is 5.82 Å². The quantitative estimate of drug-likeness (QED) is 0.822. The molecular formula is C14H22N6. The third-order valence-corrected chi connectivity index (χ3v) is 3.11. The van der Waals surface area contributed by atoms with Crippen molar-refractivity contribution < 1.29 is 0 Å². The van der Waals surface area contributed by atoms with E-state index in [4.69, 9.17) is 0 Å². The average molecular weight is 274 g/mol. The van der Waals surface area contributed by atoms with Crippen molar-refractivity contribution in [2.45, 2.75) is 13.8 Å². The van der Waals surface area contributed by atoms with Gasteiger partial charge in [-0.1, -0.05) is 0 Å². The molecule has 0 fully saturated rings. The van der Waals surface area contributed by atoms with Crippen LogP contribution in [0.1, 0.15) is 11.4 Å². The van der Waals surface area contributed by atoms with Gasteiger partial charge in [0.15, 0.2) is 5.82 Å². The van der Waals surface area contributed by atoms with Crippen molar-refractivity contribution in [2.24, 2.45) is 0 Å². The van der Waals surface area contributed by atoms with Crippen molar-refractivity contribution in [1.29, 1.82) is 0 Å². The third-order valence-electron chi connectivity index (χ3n) is 3.11. The Bertz CT molecular complexity index is 575. The van der Waals surface area contributed by atoms with Crippen molar-refractivity contribution in [3.05, 3.63) is 29.8 Å². The van der Waals surface area contributed by atoms with E-state index in [2.05, 4.69) is 39.0 Å². The summed E-state index contributed by atoms with van der Waals surface area (Å²) in [7, 11) is 6.15. The van der Waals surface area contributed by atoms with Gasteiger partial charge in [0.05, 0.1) is 18.1 Å². The number of likely N-dealkylation sites (N-methyl/N-ethyl adjacent to an activating group) is 2. The molecule has 2 aromatic heterocycles. The number of anilines is 1. The monoisotopic (exact) mass is 274 g/mol. The van der Waals surface area contributed by atoms with E-state index in [-0.39, 0.29) is 0 Å². The van der Waals surface area contributed by atoms with Crippen molar-refractivity contribution in [3.8, 4) is 5.82 Å². The first-order valence-corrected chi connectivity index (χ1v) is 6.69. The van der Waals surface area contributed by atoms with Crippen LogP contribution < -0.4 is 4.90 Å². The molecule has 6 heteroatoms. The van der Waals surface area contributed by atoms with Gasteiger partial charge in [-0.25, -0.2) is 9.67 Å². The fourth-order valence-corrected chi connectivity index (χ4v) is 1.96. The van der Waals surface area contributed by atoms with Crippen LogP contribution in [0.3, 0.4) is 0 Å². The summed E-state index contributed by atoms with van der Waals surface area (Å²) in [5.74, 6) is 1.61. The van der Waals surface area contributed by atoms with Gasteiger partial charge < -0.3 is 9.80 Å². The Morgan fingerprint density at radius 3 is 2.45 bits per heavy atom. The smallest absolute Gasteiger partial charge is 0.174 e. The molecule has 0 saturated carbocycles. The van der Waals surface area contributed by atoms with Crippen LogP contribution >= 0.6 is 0 Å². The zero-order chi connectivity index (χ0) is 14.7. The second-order valence-corrected chi connectivity index (χ2v) is 5.30. The maximum absolute atomic E-state index is 4.64. The molecule has 6 nitrogen and oxygen atoms in total. The summed E-state index contributed by atoms with van der Waals surface area (Å²) in [5, 5.41) is 4.44. The minimum absolute atomic E-state index is 0.754. The maximum Gasteiger partial charge on any atom is 0.174 e. The van der Waals surface area contributed by atoms with Crippen LogP contribution in [0.5, 0.6) is 0 Å². The van der Waals surface area contributed by atoms with E-state index in [1.807, 2.05) is 31.6 Å². The van der Waals surface area contributed by atoms with E-state index in [0.29, 0.717) is 0 Å². The minimum Gasteiger partial charge on any atom is -0.357 e. The normalized spacial score (nSPS) is 11.1. The number of hydrogen-bond donors (Lipinski definition) is 0. The maximum atomic E-state index is 4.64. The fourth-order valence-electron chi connectivity index (χ4n) is 1.96. The summed E-state index contributed by atoms with van der Waals surface area (Å²) in [6, 6.07) is 2.03. The van der Waals surface area contributed by atoms with E-state index in [9.17, 15) is 0 Å². The molecule has 2 rings (SSSR count). The Hall–Kier alpha value is -1.95. The highest BCUT2D eigenvalue weighted by Crippen LogP contribution is 2.13. The van der Waals surface area contributed by atoms with Gasteiger partial charge in [0.2, 0.25) is 0 Å². The topological polar surface area (TPSA) is 50.1 Å². The number of hydrogen-bond acceptors (Lipinski definition) is 5. The molecule has 108 valence electrons. The number of aryl methyl sites for hydroxylation is 2. The van der Waals surface area contributed by atoms with Crippen LogP contribution in [0.25, 0.3) is 5.82 Å². The first-order valence-electron chi connectivity index (χ1n) is 6.69. The zero-order valence-corrected chi connectivity index (χ0v) is 12.8. The van der Waals surface area contributed by atoms with Crippen LogP contribution in [0.15, 0.2) is 18.5 Å². The van der Waals surface area contributed by atoms with Crippen LogP contribution in [-0.2, 0) is 0 Å². The predicted octanol–water partition coefficient (Wildman–Crippen LogP) is 1.28. The van der Waals surface area contributed by atoms with Crippen molar-refractivity contribution in [1.82, 2.24) is 24.6 Å². The number of aromatic nitrogens is 4. The molecule has 0 radical (unpaired) electrons. The van der Waals surface area contributed by atoms with Crippen LogP contribution in [0, 0.1) is 13.8 Å². The van der Waals surface area contributed by atoms with E-state index >= 15 is 0 Å². The molecule has 20 heavy (non-hydrogen) atoms. The average Bonchev–Trinajstić information content (AvgIpc) is 2.75. The van der Waals surface area contributed by atoms with Gasteiger partial charge >= 0.3 is 0 Å². The van der Waals surface area contributed by atoms with E-state index in [1.54, 1.807) is 12.4 Å². The predicted molar refractivity (Wildman–Crippen MR) is 80.5 cm³/mol. The van der Waals surface area contributed by atoms with Gasteiger partial charge in [0, 0.05) is 25.8 Å². The van der Waals surface area contributed by atoms with Crippen molar-refractivity contribution in [2.75, 3.05) is 39.1 Å². The van der Waals surface area contributed by atoms with Crippen LogP contribution in [-0.4, -0.2) is 58.9 Å². The lowest BCUT2D eigenvalue weighted by Crippen LogP contribution is -2.29. The van der Waals surface area contributed by atoms with Crippen LogP contribution in [0.2, 0.25) is 0 Å². The summed E-state index contributed by atoms with van der Waals surface area (Å²) in [5.41, 5.74) is 2.04. The fraction of sp³-hybridized carbons (Fsp3) is 0.500. The molecule has 0 aromatic carbocycles. The van der Waals surface area contributed by atoms with E-state index in [1.165, 1.54) is 0 Å². The molecule has 0 aliphatic carbocycles. The molecule has 0 spiro atoms. The molecule has 0 aliphatic rings. The Labute approximate surface area is 120 Å². The van der Waals surface area contributed by atoms with Gasteiger partial charge in [0.1, 0.15) is 5.82 Å². The lowest BCUT2D eigenvalue weighted by atomic mass is 10.4. The van der Waals surface area contributed by atoms with Gasteiger partial charge in [0.25, 0.3) is 0 Å². The Morgan fingerprint density at radius 1 is 1.10 bits per heavy atom. The highest BCUT2D eigenvalue weighted by atomic mass is 15.3. The number of nitrogens with zero attached hydrogens (tertiary/aromatic N) is 6. The summed E-state index contributed by atoms with van der Waals surface area (Å²) in [6.45, 7) is 5.87. The molecule has 0 unspecified atom stereocenters. The molecule has 2 aromatic rings. The Kier molecular flexibility index (Phi) is 4.34. The lowest BCUT2D eigenvalue weighted by molar-refractivity contribution is 0.416. The van der Waals surface area contributed by atoms with Crippen molar-refractivity contribution in [3.63, 3.8) is 0 Å². The molecular weight excluding hydrogens is 252 g/mol. The van der Waals surface area contributed by atoms with Gasteiger partial charge in [-0.3, -0.25) is 4.98 Å². The second kappa shape index (κ2) is 6.00. The third kappa shape index (κ3) is 3.33. The SMILES string of the molecule is Cc1cc(C)n(-c2cncc(N(C)CCN(C)C)n2)n1. The summed E-state index contributed by atoms with van der Waals surface area (Å²) in [6.07, 6.45) is 3.52.